The zero-order chi connectivity index (χ0) is 7.68. The molecule has 0 aromatic rings. The summed E-state index contributed by atoms with van der Waals surface area (Å²) in [6.07, 6.45) is 3.00. The summed E-state index contributed by atoms with van der Waals surface area (Å²) in [5.41, 5.74) is 8.66. The lowest BCUT2D eigenvalue weighted by atomic mass is 10.1. The molecule has 11 heavy (non-hydrogen) atoms. The molecule has 0 saturated heterocycles. The SMILES string of the molecule is NC1=CNCCC2N=CSC12. The normalized spacial score (nSPS) is 35.5. The largest absolute Gasteiger partial charge is 0.400 e. The Bertz CT molecular complexity index is 212. The number of aliphatic imine (C=N–C) groups is 1. The zero-order valence-electron chi connectivity index (χ0n) is 6.16. The van der Waals surface area contributed by atoms with Gasteiger partial charge in [-0.1, -0.05) is 0 Å². The summed E-state index contributed by atoms with van der Waals surface area (Å²) in [6.45, 7) is 0.986. The molecule has 2 atom stereocenters. The van der Waals surface area contributed by atoms with E-state index in [-0.39, 0.29) is 0 Å². The summed E-state index contributed by atoms with van der Waals surface area (Å²) in [5.74, 6) is 0. The Balaban J connectivity index is 2.18. The second-order valence-electron chi connectivity index (χ2n) is 2.77. The molecule has 2 aliphatic rings. The van der Waals surface area contributed by atoms with Crippen molar-refractivity contribution in [3.63, 3.8) is 0 Å². The molecule has 2 rings (SSSR count). The van der Waals surface area contributed by atoms with Crippen molar-refractivity contribution in [3.8, 4) is 0 Å². The smallest absolute Gasteiger partial charge is 0.0737 e. The van der Waals surface area contributed by atoms with Gasteiger partial charge >= 0.3 is 0 Å². The maximum atomic E-state index is 5.82. The standard InChI is InChI=1S/C7H11N3S/c8-5-3-9-2-1-6-7(5)11-4-10-6/h3-4,6-7,9H,1-2,8H2. The molecule has 0 spiro atoms. The Morgan fingerprint density at radius 1 is 1.73 bits per heavy atom. The van der Waals surface area contributed by atoms with Crippen LogP contribution in [0.1, 0.15) is 6.42 Å². The van der Waals surface area contributed by atoms with Gasteiger partial charge in [0, 0.05) is 18.4 Å². The molecule has 2 heterocycles. The summed E-state index contributed by atoms with van der Waals surface area (Å²) in [7, 11) is 0. The van der Waals surface area contributed by atoms with E-state index < -0.39 is 0 Å². The van der Waals surface area contributed by atoms with Crippen LogP contribution in [0.2, 0.25) is 0 Å². The summed E-state index contributed by atoms with van der Waals surface area (Å²) < 4.78 is 0. The van der Waals surface area contributed by atoms with Crippen LogP contribution in [0.4, 0.5) is 0 Å². The molecule has 0 amide bonds. The van der Waals surface area contributed by atoms with Gasteiger partial charge in [0.05, 0.1) is 16.8 Å². The molecule has 2 unspecified atom stereocenters. The Kier molecular flexibility index (Phi) is 1.77. The second kappa shape index (κ2) is 2.77. The Labute approximate surface area is 70.1 Å². The number of nitrogens with one attached hydrogen (secondary N) is 1. The number of hydrogen-bond acceptors (Lipinski definition) is 4. The average molecular weight is 169 g/mol. The molecule has 0 aromatic carbocycles. The molecular formula is C7H11N3S. The van der Waals surface area contributed by atoms with E-state index in [1.54, 1.807) is 11.8 Å². The molecular weight excluding hydrogens is 158 g/mol. The van der Waals surface area contributed by atoms with E-state index in [0.29, 0.717) is 11.3 Å². The van der Waals surface area contributed by atoms with E-state index in [9.17, 15) is 0 Å². The molecule has 4 heteroatoms. The quantitative estimate of drug-likeness (QED) is 0.548. The molecule has 60 valence electrons. The average Bonchev–Trinajstić information content (AvgIpc) is 2.40. The van der Waals surface area contributed by atoms with Crippen molar-refractivity contribution >= 4 is 17.3 Å². The van der Waals surface area contributed by atoms with Crippen LogP contribution in [0.25, 0.3) is 0 Å². The first-order valence-electron chi connectivity index (χ1n) is 3.74. The summed E-state index contributed by atoms with van der Waals surface area (Å²) in [5, 5.41) is 3.54. The fraction of sp³-hybridized carbons (Fsp3) is 0.571. The van der Waals surface area contributed by atoms with Crippen molar-refractivity contribution in [1.29, 1.82) is 0 Å². The van der Waals surface area contributed by atoms with Crippen molar-refractivity contribution in [1.82, 2.24) is 5.32 Å². The third-order valence-corrected chi connectivity index (χ3v) is 3.11. The van der Waals surface area contributed by atoms with E-state index in [4.69, 9.17) is 5.73 Å². The summed E-state index contributed by atoms with van der Waals surface area (Å²) in [6, 6.07) is 0.409. The van der Waals surface area contributed by atoms with Crippen LogP contribution in [0.3, 0.4) is 0 Å². The molecule has 0 saturated carbocycles. The Hall–Kier alpha value is -0.640. The van der Waals surface area contributed by atoms with Crippen LogP contribution < -0.4 is 11.1 Å². The monoisotopic (exact) mass is 169 g/mol. The Morgan fingerprint density at radius 3 is 3.55 bits per heavy atom. The van der Waals surface area contributed by atoms with E-state index in [2.05, 4.69) is 10.3 Å². The van der Waals surface area contributed by atoms with Crippen LogP contribution in [0.5, 0.6) is 0 Å². The molecule has 3 nitrogen and oxygen atoms in total. The van der Waals surface area contributed by atoms with Crippen LogP contribution in [0.15, 0.2) is 16.9 Å². The van der Waals surface area contributed by atoms with Gasteiger partial charge in [0.1, 0.15) is 0 Å². The number of nitrogens with two attached hydrogens (primary N) is 1. The lowest BCUT2D eigenvalue weighted by molar-refractivity contribution is 0.634. The number of hydrogen-bond donors (Lipinski definition) is 2. The fourth-order valence-corrected chi connectivity index (χ4v) is 2.35. The van der Waals surface area contributed by atoms with E-state index in [1.807, 2.05) is 11.7 Å². The molecule has 0 aliphatic carbocycles. The van der Waals surface area contributed by atoms with Gasteiger partial charge in [-0.05, 0) is 6.42 Å². The first-order chi connectivity index (χ1) is 5.38. The first-order valence-corrected chi connectivity index (χ1v) is 4.68. The third kappa shape index (κ3) is 1.22. The van der Waals surface area contributed by atoms with Gasteiger partial charge in [0.25, 0.3) is 0 Å². The summed E-state index contributed by atoms with van der Waals surface area (Å²) >= 11 is 1.72. The van der Waals surface area contributed by atoms with Gasteiger partial charge in [-0.15, -0.1) is 11.8 Å². The van der Waals surface area contributed by atoms with Gasteiger partial charge in [0.2, 0.25) is 0 Å². The third-order valence-electron chi connectivity index (χ3n) is 1.99. The van der Waals surface area contributed by atoms with E-state index in [0.717, 1.165) is 18.7 Å². The molecule has 0 bridgehead atoms. The maximum absolute atomic E-state index is 5.82. The van der Waals surface area contributed by atoms with Gasteiger partial charge in [-0.2, -0.15) is 0 Å². The highest BCUT2D eigenvalue weighted by atomic mass is 32.2. The molecule has 2 aliphatic heterocycles. The van der Waals surface area contributed by atoms with Crippen molar-refractivity contribution in [2.24, 2.45) is 10.7 Å². The highest BCUT2D eigenvalue weighted by Crippen LogP contribution is 2.28. The maximum Gasteiger partial charge on any atom is 0.0737 e. The lowest BCUT2D eigenvalue weighted by Gasteiger charge is -2.13. The zero-order valence-corrected chi connectivity index (χ0v) is 6.97. The molecule has 3 N–H and O–H groups in total. The van der Waals surface area contributed by atoms with Gasteiger partial charge in [-0.3, -0.25) is 4.99 Å². The fourth-order valence-electron chi connectivity index (χ4n) is 1.38. The molecule has 0 radical (unpaired) electrons. The Morgan fingerprint density at radius 2 is 2.64 bits per heavy atom. The van der Waals surface area contributed by atoms with E-state index in [1.165, 1.54) is 0 Å². The minimum absolute atomic E-state index is 0.394. The minimum atomic E-state index is 0.394. The van der Waals surface area contributed by atoms with Crippen LogP contribution in [0, 0.1) is 0 Å². The predicted octanol–water partition coefficient (Wildman–Crippen LogP) is 0.292. The van der Waals surface area contributed by atoms with E-state index >= 15 is 0 Å². The highest BCUT2D eigenvalue weighted by Gasteiger charge is 2.28. The van der Waals surface area contributed by atoms with Crippen LogP contribution in [-0.4, -0.2) is 23.4 Å². The van der Waals surface area contributed by atoms with Gasteiger partial charge in [0.15, 0.2) is 0 Å². The topological polar surface area (TPSA) is 50.4 Å². The number of fused-ring (bicyclic) bond motifs is 1. The number of thioether (sulfide) groups is 1. The summed E-state index contributed by atoms with van der Waals surface area (Å²) in [4.78, 5) is 4.35. The second-order valence-corrected chi connectivity index (χ2v) is 3.76. The first kappa shape index (κ1) is 7.03. The van der Waals surface area contributed by atoms with Crippen molar-refractivity contribution in [2.75, 3.05) is 6.54 Å². The highest BCUT2D eigenvalue weighted by molar-refractivity contribution is 8.13. The molecule has 0 fully saturated rings. The number of nitrogens with zero attached hydrogens (tertiary/aromatic N) is 1. The van der Waals surface area contributed by atoms with Crippen molar-refractivity contribution in [2.45, 2.75) is 17.7 Å². The molecule has 0 aromatic heterocycles. The predicted molar refractivity (Wildman–Crippen MR) is 48.5 cm³/mol. The van der Waals surface area contributed by atoms with Gasteiger partial charge in [-0.25, -0.2) is 0 Å². The van der Waals surface area contributed by atoms with Crippen LogP contribution >= 0.6 is 11.8 Å². The van der Waals surface area contributed by atoms with Crippen molar-refractivity contribution < 1.29 is 0 Å². The number of rotatable bonds is 0. The lowest BCUT2D eigenvalue weighted by Crippen LogP contribution is -2.23. The van der Waals surface area contributed by atoms with Gasteiger partial charge < -0.3 is 11.1 Å². The minimum Gasteiger partial charge on any atom is -0.400 e. The van der Waals surface area contributed by atoms with Crippen LogP contribution in [-0.2, 0) is 0 Å². The van der Waals surface area contributed by atoms with Crippen molar-refractivity contribution in [3.05, 3.63) is 11.9 Å².